The lowest BCUT2D eigenvalue weighted by Gasteiger charge is -2.41. The van der Waals surface area contributed by atoms with E-state index in [0.717, 1.165) is 29.4 Å². The number of anilines is 1. The molecule has 1 amide bonds. The monoisotopic (exact) mass is 372 g/mol. The van der Waals surface area contributed by atoms with E-state index >= 15 is 0 Å². The fourth-order valence-corrected chi connectivity index (χ4v) is 3.63. The highest BCUT2D eigenvalue weighted by Gasteiger charge is 2.42. The van der Waals surface area contributed by atoms with Crippen LogP contribution in [0.25, 0.3) is 0 Å². The zero-order valence-corrected chi connectivity index (χ0v) is 14.8. The predicted octanol–water partition coefficient (Wildman–Crippen LogP) is 4.58. The van der Waals surface area contributed by atoms with Gasteiger partial charge in [-0.2, -0.15) is 0 Å². The minimum atomic E-state index is -0.652. The van der Waals surface area contributed by atoms with Crippen LogP contribution in [0, 0.1) is 11.8 Å². The second-order valence-corrected chi connectivity index (χ2v) is 7.56. The third-order valence-corrected chi connectivity index (χ3v) is 5.72. The molecule has 1 aliphatic rings. The van der Waals surface area contributed by atoms with Gasteiger partial charge in [0.2, 0.25) is 5.91 Å². The molecule has 116 valence electrons. The maximum Gasteiger partial charge on any atom is 0.243 e. The summed E-state index contributed by atoms with van der Waals surface area (Å²) in [5, 5.41) is 4.03. The molecule has 2 atom stereocenters. The Hall–Kier alpha value is -0.740. The van der Waals surface area contributed by atoms with Crippen molar-refractivity contribution >= 4 is 39.1 Å². The Morgan fingerprint density at radius 1 is 1.52 bits per heavy atom. The van der Waals surface area contributed by atoms with Crippen molar-refractivity contribution in [3.8, 4) is 0 Å². The summed E-state index contributed by atoms with van der Waals surface area (Å²) in [5.41, 5.74) is 5.96. The van der Waals surface area contributed by atoms with Gasteiger partial charge in [0.15, 0.2) is 0 Å². The number of hydrogen-bond acceptors (Lipinski definition) is 2. The first kappa shape index (κ1) is 16.6. The normalized spacial score (nSPS) is 25.9. The molecule has 0 heterocycles. The molecule has 0 aromatic heterocycles. The summed E-state index contributed by atoms with van der Waals surface area (Å²) in [6, 6.07) is 5.59. The molecule has 1 fully saturated rings. The van der Waals surface area contributed by atoms with Gasteiger partial charge < -0.3 is 11.1 Å². The quantitative estimate of drug-likeness (QED) is 0.811. The van der Waals surface area contributed by atoms with E-state index in [1.807, 2.05) is 18.2 Å². The van der Waals surface area contributed by atoms with Crippen molar-refractivity contribution in [2.45, 2.75) is 45.1 Å². The van der Waals surface area contributed by atoms with Crippen molar-refractivity contribution in [3.63, 3.8) is 0 Å². The van der Waals surface area contributed by atoms with Crippen LogP contribution in [0.5, 0.6) is 0 Å². The Bertz CT molecular complexity index is 535. The summed E-state index contributed by atoms with van der Waals surface area (Å²) in [6.45, 7) is 4.42. The number of carbonyl (C=O) groups is 1. The molecule has 3 nitrogen and oxygen atoms in total. The van der Waals surface area contributed by atoms with Crippen molar-refractivity contribution in [2.24, 2.45) is 17.6 Å². The zero-order valence-electron chi connectivity index (χ0n) is 12.5. The molecular formula is C16H22BrClN2O. The highest BCUT2D eigenvalue weighted by molar-refractivity contribution is 9.10. The fourth-order valence-electron chi connectivity index (χ4n) is 3.14. The van der Waals surface area contributed by atoms with Gasteiger partial charge in [-0.15, -0.1) is 0 Å². The Morgan fingerprint density at radius 2 is 2.24 bits per heavy atom. The number of amides is 1. The van der Waals surface area contributed by atoms with E-state index in [4.69, 9.17) is 17.3 Å². The maximum atomic E-state index is 12.1. The van der Waals surface area contributed by atoms with E-state index < -0.39 is 5.54 Å². The average molecular weight is 374 g/mol. The number of nitrogens with two attached hydrogens (primary N) is 1. The zero-order chi connectivity index (χ0) is 15.6. The van der Waals surface area contributed by atoms with Crippen LogP contribution in [0.2, 0.25) is 5.02 Å². The molecule has 0 aliphatic heterocycles. The Kier molecular flexibility index (Phi) is 5.20. The van der Waals surface area contributed by atoms with Gasteiger partial charge >= 0.3 is 0 Å². The minimum absolute atomic E-state index is 0.265. The lowest BCUT2D eigenvalue weighted by atomic mass is 9.71. The first-order valence-electron chi connectivity index (χ1n) is 7.37. The van der Waals surface area contributed by atoms with Crippen molar-refractivity contribution in [2.75, 3.05) is 5.32 Å². The van der Waals surface area contributed by atoms with E-state index in [0.29, 0.717) is 16.9 Å². The molecule has 2 rings (SSSR count). The summed E-state index contributed by atoms with van der Waals surface area (Å²) in [4.78, 5) is 12.1. The number of hydrogen-bond donors (Lipinski definition) is 2. The van der Waals surface area contributed by atoms with E-state index in [1.165, 1.54) is 6.42 Å². The predicted molar refractivity (Wildman–Crippen MR) is 91.5 cm³/mol. The second kappa shape index (κ2) is 6.57. The van der Waals surface area contributed by atoms with Gasteiger partial charge in [-0.05, 0) is 65.2 Å². The Labute approximate surface area is 139 Å². The Morgan fingerprint density at radius 3 is 2.81 bits per heavy atom. The number of primary amides is 1. The lowest BCUT2D eigenvalue weighted by molar-refractivity contribution is -0.124. The highest BCUT2D eigenvalue weighted by atomic mass is 79.9. The molecule has 5 heteroatoms. The first-order chi connectivity index (χ1) is 9.84. The smallest absolute Gasteiger partial charge is 0.243 e. The van der Waals surface area contributed by atoms with E-state index in [-0.39, 0.29) is 5.91 Å². The van der Waals surface area contributed by atoms with Crippen LogP contribution < -0.4 is 11.1 Å². The van der Waals surface area contributed by atoms with Gasteiger partial charge in [0, 0.05) is 10.2 Å². The number of nitrogens with one attached hydrogen (secondary N) is 1. The van der Waals surface area contributed by atoms with Crippen molar-refractivity contribution in [1.29, 1.82) is 0 Å². The van der Waals surface area contributed by atoms with Gasteiger partial charge in [0.25, 0.3) is 0 Å². The van der Waals surface area contributed by atoms with E-state index in [9.17, 15) is 4.79 Å². The molecule has 0 saturated heterocycles. The molecule has 1 saturated carbocycles. The van der Waals surface area contributed by atoms with Gasteiger partial charge in [-0.1, -0.05) is 31.9 Å². The van der Waals surface area contributed by atoms with Crippen LogP contribution in [0.3, 0.4) is 0 Å². The van der Waals surface area contributed by atoms with E-state index in [2.05, 4.69) is 35.1 Å². The first-order valence-corrected chi connectivity index (χ1v) is 8.54. The molecule has 0 bridgehead atoms. The van der Waals surface area contributed by atoms with Gasteiger partial charge in [-0.25, -0.2) is 0 Å². The molecule has 2 unspecified atom stereocenters. The molecule has 21 heavy (non-hydrogen) atoms. The van der Waals surface area contributed by atoms with Crippen molar-refractivity contribution in [1.82, 2.24) is 0 Å². The van der Waals surface area contributed by atoms with Crippen LogP contribution in [-0.4, -0.2) is 11.4 Å². The highest BCUT2D eigenvalue weighted by Crippen LogP contribution is 2.39. The molecule has 0 radical (unpaired) electrons. The van der Waals surface area contributed by atoms with Gasteiger partial charge in [0.05, 0.1) is 5.02 Å². The summed E-state index contributed by atoms with van der Waals surface area (Å²) in [7, 11) is 0. The fraction of sp³-hybridized carbons (Fsp3) is 0.562. The van der Waals surface area contributed by atoms with Gasteiger partial charge in [-0.3, -0.25) is 4.79 Å². The molecule has 3 N–H and O–H groups in total. The van der Waals surface area contributed by atoms with Crippen LogP contribution in [0.4, 0.5) is 5.69 Å². The number of carbonyl (C=O) groups excluding carboxylic acids is 1. The van der Waals surface area contributed by atoms with Crippen LogP contribution >= 0.6 is 27.5 Å². The minimum Gasteiger partial charge on any atom is -0.371 e. The van der Waals surface area contributed by atoms with E-state index in [1.54, 1.807) is 0 Å². The van der Waals surface area contributed by atoms with Crippen LogP contribution in [-0.2, 0) is 4.79 Å². The van der Waals surface area contributed by atoms with Crippen molar-refractivity contribution < 1.29 is 4.79 Å². The topological polar surface area (TPSA) is 55.1 Å². The third-order valence-electron chi connectivity index (χ3n) is 4.51. The number of benzene rings is 1. The lowest BCUT2D eigenvalue weighted by Crippen LogP contribution is -2.53. The van der Waals surface area contributed by atoms with Crippen LogP contribution in [0.1, 0.15) is 39.5 Å². The summed E-state index contributed by atoms with van der Waals surface area (Å²) in [6.07, 6.45) is 3.76. The maximum absolute atomic E-state index is 12.1. The summed E-state index contributed by atoms with van der Waals surface area (Å²) < 4.78 is 0.810. The average Bonchev–Trinajstić information content (AvgIpc) is 2.43. The molecule has 0 spiro atoms. The van der Waals surface area contributed by atoms with Gasteiger partial charge in [0.1, 0.15) is 5.54 Å². The summed E-state index contributed by atoms with van der Waals surface area (Å²) >= 11 is 9.43. The summed E-state index contributed by atoms with van der Waals surface area (Å²) in [5.74, 6) is 0.816. The SMILES string of the molecule is CC(C)C1CCCC(Nc2ccc(Cl)c(Br)c2)(C(N)=O)C1. The van der Waals surface area contributed by atoms with Crippen LogP contribution in [0.15, 0.2) is 22.7 Å². The second-order valence-electron chi connectivity index (χ2n) is 6.30. The number of halogens is 2. The Balaban J connectivity index is 2.25. The third kappa shape index (κ3) is 3.72. The molecule has 1 aliphatic carbocycles. The number of rotatable bonds is 4. The molecule has 1 aromatic rings. The standard InChI is InChI=1S/C16H22BrClN2O/c1-10(2)11-4-3-7-16(9-11,15(19)21)20-12-5-6-14(18)13(17)8-12/h5-6,8,10-11,20H,3-4,7,9H2,1-2H3,(H2,19,21). The molecular weight excluding hydrogens is 352 g/mol. The van der Waals surface area contributed by atoms with Crippen molar-refractivity contribution in [3.05, 3.63) is 27.7 Å². The molecule has 1 aromatic carbocycles. The largest absolute Gasteiger partial charge is 0.371 e.